The normalized spacial score (nSPS) is 40.9. The first-order chi connectivity index (χ1) is 31.3. The van der Waals surface area contributed by atoms with E-state index >= 15 is 4.79 Å². The van der Waals surface area contributed by atoms with Crippen molar-refractivity contribution in [1.82, 2.24) is 14.9 Å². The van der Waals surface area contributed by atoms with Crippen LogP contribution in [0.3, 0.4) is 0 Å². The predicted octanol–water partition coefficient (Wildman–Crippen LogP) is 13.0. The second-order valence-electron chi connectivity index (χ2n) is 25.3. The standard InChI is InChI=1S/C58H79N3O5/c1-36(2)39-24-29-57(50(63)61-32-16-21-43(61)48-59-34-42(60-48)38-19-14-11-15-20-38)31-30-55(8)40(47(39)57)22-23-46-54(7)27-25-45(52(3,4)44(54)26-28-56(46,55)9)58(51(64)65)33-41(53(58,5)6)49(62)66-35-37-17-12-10-13-18-37/h10-15,17-20,34,36,39-41,43-47H,16,21-33,35H2,1-9H3,(H,59,60)(H,64,65)/t39?,40-,41+,43+,44-,45+,46-,47-,54-,55-,56-,57+,58-/m1/s1. The molecule has 6 aliphatic carbocycles. The fourth-order valence-corrected chi connectivity index (χ4v) is 18.8. The first kappa shape index (κ1) is 45.8. The molecule has 1 saturated heterocycles. The van der Waals surface area contributed by atoms with Crippen molar-refractivity contribution in [2.75, 3.05) is 6.54 Å². The third kappa shape index (κ3) is 6.25. The van der Waals surface area contributed by atoms with Crippen LogP contribution >= 0.6 is 0 Å². The second-order valence-corrected chi connectivity index (χ2v) is 25.3. The van der Waals surface area contributed by atoms with E-state index in [9.17, 15) is 14.7 Å². The molecule has 10 rings (SSSR count). The number of ether oxygens (including phenoxy) is 1. The van der Waals surface area contributed by atoms with Gasteiger partial charge in [-0.1, -0.05) is 123 Å². The molecular weight excluding hydrogens is 819 g/mol. The number of rotatable bonds is 9. The van der Waals surface area contributed by atoms with E-state index in [0.29, 0.717) is 47.8 Å². The summed E-state index contributed by atoms with van der Waals surface area (Å²) in [4.78, 5) is 54.1. The summed E-state index contributed by atoms with van der Waals surface area (Å²) < 4.78 is 5.88. The van der Waals surface area contributed by atoms with Crippen LogP contribution in [0.5, 0.6) is 0 Å². The van der Waals surface area contributed by atoms with E-state index in [1.807, 2.05) is 56.4 Å². The summed E-state index contributed by atoms with van der Waals surface area (Å²) in [5.74, 6) is 2.68. The van der Waals surface area contributed by atoms with Crippen LogP contribution < -0.4 is 0 Å². The highest BCUT2D eigenvalue weighted by Gasteiger charge is 2.77. The number of esters is 1. The number of aromatic nitrogens is 2. The molecule has 2 aromatic carbocycles. The molecule has 0 radical (unpaired) electrons. The minimum Gasteiger partial charge on any atom is -0.481 e. The Labute approximate surface area is 395 Å². The molecule has 356 valence electrons. The Bertz CT molecular complexity index is 2340. The number of amides is 1. The molecule has 0 bridgehead atoms. The molecule has 1 aliphatic heterocycles. The lowest BCUT2D eigenvalue weighted by Crippen LogP contribution is -2.71. The molecule has 2 heterocycles. The number of hydrogen-bond donors (Lipinski definition) is 2. The van der Waals surface area contributed by atoms with Gasteiger partial charge in [0.25, 0.3) is 0 Å². The van der Waals surface area contributed by atoms with Gasteiger partial charge in [0.15, 0.2) is 0 Å². The van der Waals surface area contributed by atoms with E-state index in [2.05, 4.69) is 82.6 Å². The van der Waals surface area contributed by atoms with Crippen LogP contribution in [0, 0.1) is 85.2 Å². The zero-order valence-electron chi connectivity index (χ0n) is 41.6. The van der Waals surface area contributed by atoms with Crippen LogP contribution in [-0.4, -0.2) is 44.4 Å². The van der Waals surface area contributed by atoms with Gasteiger partial charge in [-0.15, -0.1) is 0 Å². The SMILES string of the molecule is CC(C)C1CC[C@]2(C(=O)N3CCC[C@H]3c3ncc(-c4ccccc4)[nH]3)CC[C@]3(C)[C@H](CC[C@@H]4[C@]5(C)CC[C@H]([C@@]6(C(=O)O)C[C@@H](C(=O)OCc7ccccc7)C6(C)C)C(C)(C)[C@H]5CC[C@]43C)[C@@H]12. The van der Waals surface area contributed by atoms with Crippen molar-refractivity contribution in [3.63, 3.8) is 0 Å². The molecule has 1 aromatic heterocycles. The van der Waals surface area contributed by atoms with Gasteiger partial charge in [0.1, 0.15) is 12.4 Å². The Morgan fingerprint density at radius 3 is 2.17 bits per heavy atom. The third-order valence-electron chi connectivity index (χ3n) is 22.3. The number of H-pyrrole nitrogens is 1. The number of nitrogens with one attached hydrogen (secondary N) is 1. The van der Waals surface area contributed by atoms with Crippen LogP contribution in [0.4, 0.5) is 0 Å². The van der Waals surface area contributed by atoms with Gasteiger partial charge in [-0.2, -0.15) is 0 Å². The highest BCUT2D eigenvalue weighted by Crippen LogP contribution is 2.80. The van der Waals surface area contributed by atoms with Crippen LogP contribution in [0.2, 0.25) is 0 Å². The highest BCUT2D eigenvalue weighted by atomic mass is 16.5. The Kier molecular flexibility index (Phi) is 11.0. The van der Waals surface area contributed by atoms with Crippen LogP contribution in [0.1, 0.15) is 163 Å². The van der Waals surface area contributed by atoms with Gasteiger partial charge in [-0.3, -0.25) is 14.4 Å². The number of fused-ring (bicyclic) bond motifs is 7. The zero-order valence-corrected chi connectivity index (χ0v) is 41.6. The maximum Gasteiger partial charge on any atom is 0.310 e. The Hall–Kier alpha value is -3.94. The summed E-state index contributed by atoms with van der Waals surface area (Å²) in [7, 11) is 0. The summed E-state index contributed by atoms with van der Waals surface area (Å²) in [5.41, 5.74) is 1.08. The van der Waals surface area contributed by atoms with Crippen LogP contribution in [-0.2, 0) is 25.7 Å². The lowest BCUT2D eigenvalue weighted by Gasteiger charge is -2.74. The largest absolute Gasteiger partial charge is 0.481 e. The molecule has 3 aromatic rings. The van der Waals surface area contributed by atoms with E-state index in [-0.39, 0.29) is 51.6 Å². The van der Waals surface area contributed by atoms with Gasteiger partial charge in [-0.05, 0) is 163 Å². The average Bonchev–Trinajstić information content (AvgIpc) is 4.07. The van der Waals surface area contributed by atoms with E-state index in [4.69, 9.17) is 9.72 Å². The molecule has 7 fully saturated rings. The van der Waals surface area contributed by atoms with Gasteiger partial charge in [0.05, 0.1) is 34.7 Å². The van der Waals surface area contributed by atoms with Crippen molar-refractivity contribution in [2.24, 2.45) is 85.2 Å². The maximum absolute atomic E-state index is 15.7. The number of carbonyl (C=O) groups excluding carboxylic acids is 2. The molecular formula is C58H79N3O5. The molecule has 8 nitrogen and oxygen atoms in total. The number of hydrogen-bond acceptors (Lipinski definition) is 5. The van der Waals surface area contributed by atoms with Gasteiger partial charge >= 0.3 is 11.9 Å². The summed E-state index contributed by atoms with van der Waals surface area (Å²) in [6.07, 6.45) is 15.0. The minimum absolute atomic E-state index is 0.0107. The Morgan fingerprint density at radius 1 is 0.788 bits per heavy atom. The van der Waals surface area contributed by atoms with Gasteiger partial charge in [0, 0.05) is 6.54 Å². The van der Waals surface area contributed by atoms with Gasteiger partial charge < -0.3 is 19.7 Å². The van der Waals surface area contributed by atoms with Crippen LogP contribution in [0.25, 0.3) is 11.3 Å². The summed E-state index contributed by atoms with van der Waals surface area (Å²) >= 11 is 0. The highest BCUT2D eigenvalue weighted by molar-refractivity contribution is 5.85. The molecule has 6 saturated carbocycles. The number of imidazole rings is 1. The lowest BCUT2D eigenvalue weighted by molar-refractivity contribution is -0.270. The van der Waals surface area contributed by atoms with E-state index in [0.717, 1.165) is 93.4 Å². The summed E-state index contributed by atoms with van der Waals surface area (Å²) in [6.45, 7) is 22.7. The van der Waals surface area contributed by atoms with E-state index in [1.165, 1.54) is 12.8 Å². The summed E-state index contributed by atoms with van der Waals surface area (Å²) in [5, 5.41) is 11.4. The number of carboxylic acids is 1. The van der Waals surface area contributed by atoms with E-state index in [1.54, 1.807) is 0 Å². The monoisotopic (exact) mass is 898 g/mol. The molecule has 66 heavy (non-hydrogen) atoms. The van der Waals surface area contributed by atoms with Crippen molar-refractivity contribution in [2.45, 2.75) is 158 Å². The molecule has 13 atom stereocenters. The number of benzene rings is 2. The zero-order chi connectivity index (χ0) is 46.8. The average molecular weight is 898 g/mol. The number of nitrogens with zero attached hydrogens (tertiary/aromatic N) is 2. The van der Waals surface area contributed by atoms with Crippen molar-refractivity contribution >= 4 is 17.8 Å². The Balaban J connectivity index is 0.907. The first-order valence-corrected chi connectivity index (χ1v) is 26.1. The molecule has 7 aliphatic rings. The summed E-state index contributed by atoms with van der Waals surface area (Å²) in [6, 6.07) is 20.1. The molecule has 1 unspecified atom stereocenters. The lowest BCUT2D eigenvalue weighted by atomic mass is 9.29. The van der Waals surface area contributed by atoms with Gasteiger partial charge in [0.2, 0.25) is 5.91 Å². The first-order valence-electron chi connectivity index (χ1n) is 26.1. The van der Waals surface area contributed by atoms with Gasteiger partial charge in [-0.25, -0.2) is 4.98 Å². The number of carboxylic acid groups (broad SMARTS) is 1. The minimum atomic E-state index is -0.998. The molecule has 2 N–H and O–H groups in total. The van der Waals surface area contributed by atoms with Crippen molar-refractivity contribution in [3.8, 4) is 11.3 Å². The number of aromatic amines is 1. The van der Waals surface area contributed by atoms with Crippen molar-refractivity contribution in [1.29, 1.82) is 0 Å². The second kappa shape index (κ2) is 15.8. The number of likely N-dealkylation sites (tertiary alicyclic amines) is 1. The Morgan fingerprint density at radius 2 is 1.48 bits per heavy atom. The fourth-order valence-electron chi connectivity index (χ4n) is 18.8. The molecule has 1 amide bonds. The van der Waals surface area contributed by atoms with Crippen LogP contribution in [0.15, 0.2) is 66.9 Å². The van der Waals surface area contributed by atoms with E-state index < -0.39 is 22.7 Å². The van der Waals surface area contributed by atoms with Crippen molar-refractivity contribution in [3.05, 3.63) is 78.2 Å². The third-order valence-corrected chi connectivity index (χ3v) is 22.3. The number of carbonyl (C=O) groups is 3. The predicted molar refractivity (Wildman–Crippen MR) is 258 cm³/mol. The number of aliphatic carboxylic acids is 1. The quantitative estimate of drug-likeness (QED) is 0.207. The molecule has 0 spiro atoms. The maximum atomic E-state index is 15.7. The van der Waals surface area contributed by atoms with Crippen molar-refractivity contribution < 1.29 is 24.2 Å². The topological polar surface area (TPSA) is 113 Å². The fraction of sp³-hybridized carbons (Fsp3) is 0.690. The smallest absolute Gasteiger partial charge is 0.310 e. The molecule has 8 heteroatoms.